The molecule has 1 aliphatic rings. The zero-order chi connectivity index (χ0) is 12.5. The summed E-state index contributed by atoms with van der Waals surface area (Å²) < 4.78 is 13.7. The van der Waals surface area contributed by atoms with Crippen LogP contribution < -0.4 is 5.73 Å². The summed E-state index contributed by atoms with van der Waals surface area (Å²) in [5, 5.41) is 0. The number of benzene rings is 1. The van der Waals surface area contributed by atoms with Gasteiger partial charge in [0, 0.05) is 16.2 Å². The van der Waals surface area contributed by atoms with Crippen molar-refractivity contribution in [3.8, 4) is 0 Å². The molecule has 1 nitrogen and oxygen atoms in total. The fourth-order valence-corrected chi connectivity index (χ4v) is 3.88. The summed E-state index contributed by atoms with van der Waals surface area (Å²) >= 11 is 1.63. The SMILES string of the molecule is CC(C)C1CC(CN)(Sc2ccccc2F)C1. The van der Waals surface area contributed by atoms with E-state index in [0.717, 1.165) is 23.7 Å². The highest BCUT2D eigenvalue weighted by molar-refractivity contribution is 8.00. The lowest BCUT2D eigenvalue weighted by Crippen LogP contribution is -2.48. The van der Waals surface area contributed by atoms with Crippen molar-refractivity contribution in [2.24, 2.45) is 17.6 Å². The van der Waals surface area contributed by atoms with E-state index in [0.29, 0.717) is 12.5 Å². The van der Waals surface area contributed by atoms with Crippen molar-refractivity contribution in [3.05, 3.63) is 30.1 Å². The van der Waals surface area contributed by atoms with Crippen molar-refractivity contribution in [1.29, 1.82) is 0 Å². The molecule has 1 aromatic carbocycles. The van der Waals surface area contributed by atoms with E-state index in [1.165, 1.54) is 6.07 Å². The van der Waals surface area contributed by atoms with E-state index in [1.54, 1.807) is 17.8 Å². The fourth-order valence-electron chi connectivity index (χ4n) is 2.42. The Morgan fingerprint density at radius 2 is 2.06 bits per heavy atom. The predicted molar refractivity (Wildman–Crippen MR) is 71.6 cm³/mol. The number of hydrogen-bond acceptors (Lipinski definition) is 2. The summed E-state index contributed by atoms with van der Waals surface area (Å²) in [5.74, 6) is 1.33. The molecule has 2 rings (SSSR count). The second kappa shape index (κ2) is 4.99. The molecule has 3 heteroatoms. The molecule has 0 aromatic heterocycles. The van der Waals surface area contributed by atoms with Crippen LogP contribution in [-0.2, 0) is 0 Å². The number of thioether (sulfide) groups is 1. The molecule has 0 radical (unpaired) electrons. The van der Waals surface area contributed by atoms with Crippen LogP contribution in [-0.4, -0.2) is 11.3 Å². The minimum Gasteiger partial charge on any atom is -0.329 e. The maximum atomic E-state index is 13.6. The van der Waals surface area contributed by atoms with Gasteiger partial charge >= 0.3 is 0 Å². The highest BCUT2D eigenvalue weighted by Crippen LogP contribution is 2.52. The number of halogens is 1. The van der Waals surface area contributed by atoms with Gasteiger partial charge < -0.3 is 5.73 Å². The minimum absolute atomic E-state index is 0.0666. The molecule has 0 spiro atoms. The summed E-state index contributed by atoms with van der Waals surface area (Å²) in [4.78, 5) is 0.736. The molecule has 17 heavy (non-hydrogen) atoms. The molecule has 0 amide bonds. The van der Waals surface area contributed by atoms with E-state index in [-0.39, 0.29) is 10.6 Å². The summed E-state index contributed by atoms with van der Waals surface area (Å²) in [7, 11) is 0. The van der Waals surface area contributed by atoms with Crippen LogP contribution in [0.3, 0.4) is 0 Å². The standard InChI is InChI=1S/C14H20FNS/c1-10(2)11-7-14(8-11,9-16)17-13-6-4-3-5-12(13)15/h3-6,10-11H,7-9,16H2,1-2H3. The fraction of sp³-hybridized carbons (Fsp3) is 0.571. The molecule has 0 saturated heterocycles. The smallest absolute Gasteiger partial charge is 0.136 e. The van der Waals surface area contributed by atoms with Gasteiger partial charge in [-0.15, -0.1) is 11.8 Å². The molecule has 1 fully saturated rings. The molecule has 0 bridgehead atoms. The molecule has 0 atom stereocenters. The van der Waals surface area contributed by atoms with Crippen LogP contribution in [0.25, 0.3) is 0 Å². The van der Waals surface area contributed by atoms with Crippen molar-refractivity contribution in [3.63, 3.8) is 0 Å². The van der Waals surface area contributed by atoms with Gasteiger partial charge in [-0.25, -0.2) is 4.39 Å². The first-order valence-electron chi connectivity index (χ1n) is 6.20. The van der Waals surface area contributed by atoms with E-state index < -0.39 is 0 Å². The van der Waals surface area contributed by atoms with Crippen LogP contribution in [0.1, 0.15) is 26.7 Å². The van der Waals surface area contributed by atoms with Crippen LogP contribution in [0.2, 0.25) is 0 Å². The molecule has 0 aliphatic heterocycles. The lowest BCUT2D eigenvalue weighted by atomic mass is 9.69. The van der Waals surface area contributed by atoms with Crippen LogP contribution in [0.15, 0.2) is 29.2 Å². The normalized spacial score (nSPS) is 28.2. The average Bonchev–Trinajstić information content (AvgIpc) is 2.25. The minimum atomic E-state index is -0.127. The highest BCUT2D eigenvalue weighted by Gasteiger charge is 2.45. The lowest BCUT2D eigenvalue weighted by Gasteiger charge is -2.48. The van der Waals surface area contributed by atoms with Gasteiger partial charge in [0.15, 0.2) is 0 Å². The van der Waals surface area contributed by atoms with Gasteiger partial charge in [-0.05, 0) is 36.8 Å². The third-order valence-electron chi connectivity index (χ3n) is 3.75. The van der Waals surface area contributed by atoms with E-state index in [2.05, 4.69) is 13.8 Å². The molecule has 1 aromatic rings. The lowest BCUT2D eigenvalue weighted by molar-refractivity contribution is 0.176. The first kappa shape index (κ1) is 12.9. The molecule has 94 valence electrons. The zero-order valence-electron chi connectivity index (χ0n) is 10.4. The Morgan fingerprint density at radius 3 is 2.59 bits per heavy atom. The number of hydrogen-bond donors (Lipinski definition) is 1. The molecular weight excluding hydrogens is 233 g/mol. The van der Waals surface area contributed by atoms with Gasteiger partial charge in [-0.3, -0.25) is 0 Å². The molecular formula is C14H20FNS. The van der Waals surface area contributed by atoms with E-state index in [9.17, 15) is 4.39 Å². The summed E-state index contributed by atoms with van der Waals surface area (Å²) in [5.41, 5.74) is 5.89. The quantitative estimate of drug-likeness (QED) is 0.885. The van der Waals surface area contributed by atoms with E-state index in [4.69, 9.17) is 5.73 Å². The van der Waals surface area contributed by atoms with Crippen LogP contribution >= 0.6 is 11.8 Å². The van der Waals surface area contributed by atoms with Crippen molar-refractivity contribution in [2.75, 3.05) is 6.54 Å². The summed E-state index contributed by atoms with van der Waals surface area (Å²) in [6, 6.07) is 6.98. The maximum absolute atomic E-state index is 13.6. The van der Waals surface area contributed by atoms with Gasteiger partial charge in [0.25, 0.3) is 0 Å². The van der Waals surface area contributed by atoms with Gasteiger partial charge in [-0.2, -0.15) is 0 Å². The Kier molecular flexibility index (Phi) is 3.79. The van der Waals surface area contributed by atoms with Crippen LogP contribution in [0, 0.1) is 17.7 Å². The van der Waals surface area contributed by atoms with Crippen molar-refractivity contribution in [1.82, 2.24) is 0 Å². The zero-order valence-corrected chi connectivity index (χ0v) is 11.3. The van der Waals surface area contributed by atoms with E-state index in [1.807, 2.05) is 12.1 Å². The molecule has 1 saturated carbocycles. The van der Waals surface area contributed by atoms with Gasteiger partial charge in [-0.1, -0.05) is 26.0 Å². The van der Waals surface area contributed by atoms with Gasteiger partial charge in [0.1, 0.15) is 5.82 Å². The first-order chi connectivity index (χ1) is 8.06. The molecule has 1 aliphatic carbocycles. The average molecular weight is 253 g/mol. The van der Waals surface area contributed by atoms with Crippen molar-refractivity contribution < 1.29 is 4.39 Å². The second-order valence-electron chi connectivity index (χ2n) is 5.33. The summed E-state index contributed by atoms with van der Waals surface area (Å²) in [6.07, 6.45) is 2.22. The Bertz CT molecular complexity index is 386. The van der Waals surface area contributed by atoms with Gasteiger partial charge in [0.2, 0.25) is 0 Å². The van der Waals surface area contributed by atoms with Gasteiger partial charge in [0.05, 0.1) is 0 Å². The topological polar surface area (TPSA) is 26.0 Å². The van der Waals surface area contributed by atoms with Crippen molar-refractivity contribution in [2.45, 2.75) is 36.3 Å². The van der Waals surface area contributed by atoms with Crippen LogP contribution in [0.5, 0.6) is 0 Å². The summed E-state index contributed by atoms with van der Waals surface area (Å²) in [6.45, 7) is 5.13. The Labute approximate surface area is 107 Å². The molecule has 0 unspecified atom stereocenters. The third-order valence-corrected chi connectivity index (χ3v) is 5.23. The largest absolute Gasteiger partial charge is 0.329 e. The molecule has 2 N–H and O–H groups in total. The first-order valence-corrected chi connectivity index (χ1v) is 7.01. The Balaban J connectivity index is 2.05. The number of rotatable bonds is 4. The van der Waals surface area contributed by atoms with Crippen molar-refractivity contribution >= 4 is 11.8 Å². The number of nitrogens with two attached hydrogens (primary N) is 1. The second-order valence-corrected chi connectivity index (χ2v) is 6.84. The van der Waals surface area contributed by atoms with E-state index >= 15 is 0 Å². The molecule has 0 heterocycles. The Morgan fingerprint density at radius 1 is 1.41 bits per heavy atom. The highest BCUT2D eigenvalue weighted by atomic mass is 32.2. The third kappa shape index (κ3) is 2.66. The monoisotopic (exact) mass is 253 g/mol. The maximum Gasteiger partial charge on any atom is 0.136 e. The predicted octanol–water partition coefficient (Wildman–Crippen LogP) is 3.68. The van der Waals surface area contributed by atoms with Crippen LogP contribution in [0.4, 0.5) is 4.39 Å². The Hall–Kier alpha value is -0.540.